The Morgan fingerprint density at radius 3 is 2.47 bits per heavy atom. The van der Waals surface area contributed by atoms with Crippen LogP contribution in [0.3, 0.4) is 0 Å². The number of carbonyl (C=O) groups is 1. The monoisotopic (exact) mass is 412 g/mol. The van der Waals surface area contributed by atoms with E-state index < -0.39 is 18.8 Å². The van der Waals surface area contributed by atoms with Crippen molar-refractivity contribution in [3.63, 3.8) is 0 Å². The molecule has 7 heteroatoms. The second-order valence-electron chi connectivity index (χ2n) is 9.88. The van der Waals surface area contributed by atoms with Crippen LogP contribution in [0.1, 0.15) is 60.5 Å². The van der Waals surface area contributed by atoms with Gasteiger partial charge in [-0.05, 0) is 78.4 Å². The van der Waals surface area contributed by atoms with Crippen LogP contribution in [0.25, 0.3) is 10.9 Å². The Kier molecular flexibility index (Phi) is 6.16. The summed E-state index contributed by atoms with van der Waals surface area (Å²) in [5.41, 5.74) is 1.79. The summed E-state index contributed by atoms with van der Waals surface area (Å²) in [5.74, 6) is 0. The molecule has 30 heavy (non-hydrogen) atoms. The van der Waals surface area contributed by atoms with Crippen LogP contribution >= 0.6 is 0 Å². The highest BCUT2D eigenvalue weighted by Gasteiger charge is 2.51. The number of fused-ring (bicyclic) bond motifs is 1. The van der Waals surface area contributed by atoms with Crippen molar-refractivity contribution in [2.24, 2.45) is 0 Å². The Hall–Kier alpha value is -2.12. The topological polar surface area (TPSA) is 69.7 Å². The molecule has 1 N–H and O–H groups in total. The highest BCUT2D eigenvalue weighted by atomic mass is 16.7. The van der Waals surface area contributed by atoms with Crippen molar-refractivity contribution >= 4 is 29.6 Å². The molecule has 2 heterocycles. The van der Waals surface area contributed by atoms with Crippen LogP contribution < -0.4 is 10.8 Å². The molecule has 0 spiro atoms. The average Bonchev–Trinajstić information content (AvgIpc) is 2.84. The van der Waals surface area contributed by atoms with Crippen molar-refractivity contribution < 1.29 is 18.8 Å². The van der Waals surface area contributed by atoms with Gasteiger partial charge < -0.3 is 19.4 Å². The van der Waals surface area contributed by atoms with E-state index in [-0.39, 0.29) is 11.2 Å². The largest absolute Gasteiger partial charge is 0.494 e. The molecule has 0 saturated carbocycles. The molecule has 2 aromatic rings. The minimum absolute atomic E-state index is 0.390. The van der Waals surface area contributed by atoms with Crippen LogP contribution in [0.4, 0.5) is 4.79 Å². The van der Waals surface area contributed by atoms with E-state index in [2.05, 4.69) is 56.2 Å². The van der Waals surface area contributed by atoms with Gasteiger partial charge in [-0.1, -0.05) is 18.2 Å². The van der Waals surface area contributed by atoms with Crippen molar-refractivity contribution in [1.82, 2.24) is 10.3 Å². The lowest BCUT2D eigenvalue weighted by Gasteiger charge is -2.32. The zero-order valence-corrected chi connectivity index (χ0v) is 19.2. The predicted molar refractivity (Wildman–Crippen MR) is 120 cm³/mol. The first-order valence-corrected chi connectivity index (χ1v) is 10.6. The van der Waals surface area contributed by atoms with E-state index in [1.807, 2.05) is 26.8 Å². The number of pyridine rings is 1. The molecular weight excluding hydrogens is 379 g/mol. The summed E-state index contributed by atoms with van der Waals surface area (Å²) in [6.07, 6.45) is 2.96. The zero-order chi connectivity index (χ0) is 22.2. The van der Waals surface area contributed by atoms with E-state index in [0.717, 1.165) is 34.8 Å². The number of amides is 1. The average molecular weight is 412 g/mol. The van der Waals surface area contributed by atoms with E-state index in [0.29, 0.717) is 6.54 Å². The number of carbonyl (C=O) groups excluding carboxylic acids is 1. The second-order valence-corrected chi connectivity index (χ2v) is 9.88. The summed E-state index contributed by atoms with van der Waals surface area (Å²) < 4.78 is 17.8. The van der Waals surface area contributed by atoms with Crippen molar-refractivity contribution in [2.75, 3.05) is 6.54 Å². The van der Waals surface area contributed by atoms with Gasteiger partial charge in [0.2, 0.25) is 0 Å². The van der Waals surface area contributed by atoms with Crippen molar-refractivity contribution in [3.05, 3.63) is 36.0 Å². The number of nitrogens with zero attached hydrogens (tertiary/aromatic N) is 1. The maximum atomic E-state index is 11.9. The van der Waals surface area contributed by atoms with Crippen molar-refractivity contribution in [1.29, 1.82) is 0 Å². The van der Waals surface area contributed by atoms with Crippen LogP contribution in [0.5, 0.6) is 0 Å². The van der Waals surface area contributed by atoms with Gasteiger partial charge in [-0.25, -0.2) is 4.79 Å². The summed E-state index contributed by atoms with van der Waals surface area (Å²) in [4.78, 5) is 16.4. The van der Waals surface area contributed by atoms with Crippen molar-refractivity contribution in [2.45, 2.75) is 78.1 Å². The second kappa shape index (κ2) is 8.19. The first-order chi connectivity index (χ1) is 13.9. The van der Waals surface area contributed by atoms with E-state index >= 15 is 0 Å². The van der Waals surface area contributed by atoms with Crippen LogP contribution in [-0.2, 0) is 20.5 Å². The quantitative estimate of drug-likeness (QED) is 0.594. The van der Waals surface area contributed by atoms with Gasteiger partial charge in [0.1, 0.15) is 5.60 Å². The summed E-state index contributed by atoms with van der Waals surface area (Å²) >= 11 is 0. The molecule has 1 aromatic carbocycles. The number of aromatic nitrogens is 1. The lowest BCUT2D eigenvalue weighted by molar-refractivity contribution is 0.00578. The fraction of sp³-hybridized carbons (Fsp3) is 0.565. The minimum Gasteiger partial charge on any atom is -0.444 e. The summed E-state index contributed by atoms with van der Waals surface area (Å²) in [6.45, 7) is 14.3. The van der Waals surface area contributed by atoms with Crippen molar-refractivity contribution in [3.8, 4) is 0 Å². The third-order valence-electron chi connectivity index (χ3n) is 5.62. The highest BCUT2D eigenvalue weighted by molar-refractivity contribution is 6.62. The molecule has 0 unspecified atom stereocenters. The standard InChI is InChI=1S/C23H33BN2O4/c1-21(2,3)28-20(27)26-13-9-11-17-15-18(14-16-10-8-12-25-19(16)17)24-29-22(4,5)23(6,7)30-24/h8,10,12,14-15H,9,11,13H2,1-7H3,(H,26,27). The molecule has 1 amide bonds. The van der Waals surface area contributed by atoms with Gasteiger partial charge in [-0.2, -0.15) is 0 Å². The molecule has 1 fully saturated rings. The summed E-state index contributed by atoms with van der Waals surface area (Å²) in [7, 11) is -0.418. The first-order valence-electron chi connectivity index (χ1n) is 10.6. The molecule has 1 saturated heterocycles. The van der Waals surface area contributed by atoms with Crippen LogP contribution in [-0.4, -0.2) is 41.5 Å². The third-order valence-corrected chi connectivity index (χ3v) is 5.62. The molecule has 6 nitrogen and oxygen atoms in total. The summed E-state index contributed by atoms with van der Waals surface area (Å²) in [5, 5.41) is 3.87. The Morgan fingerprint density at radius 1 is 1.17 bits per heavy atom. The van der Waals surface area contributed by atoms with Crippen LogP contribution in [0.15, 0.2) is 30.5 Å². The lowest BCUT2D eigenvalue weighted by Crippen LogP contribution is -2.41. The number of aryl methyl sites for hydroxylation is 1. The fourth-order valence-electron chi connectivity index (χ4n) is 3.38. The molecule has 0 bridgehead atoms. The smallest absolute Gasteiger partial charge is 0.444 e. The fourth-order valence-corrected chi connectivity index (χ4v) is 3.38. The number of rotatable bonds is 5. The number of nitrogens with one attached hydrogen (secondary N) is 1. The van der Waals surface area contributed by atoms with Crippen LogP contribution in [0, 0.1) is 0 Å². The SMILES string of the molecule is CC(C)(C)OC(=O)NCCCc1cc(B2OC(C)(C)C(C)(C)O2)cc2cccnc12. The maximum absolute atomic E-state index is 11.9. The number of hydrogen-bond donors (Lipinski definition) is 1. The lowest BCUT2D eigenvalue weighted by atomic mass is 9.77. The van der Waals surface area contributed by atoms with Gasteiger partial charge in [0.15, 0.2) is 0 Å². The zero-order valence-electron chi connectivity index (χ0n) is 19.2. The Morgan fingerprint density at radius 2 is 1.83 bits per heavy atom. The number of alkyl carbamates (subject to hydrolysis) is 1. The summed E-state index contributed by atoms with van der Waals surface area (Å²) in [6, 6.07) is 8.20. The normalized spacial score (nSPS) is 17.9. The molecular formula is C23H33BN2O4. The molecule has 1 aliphatic rings. The van der Waals surface area contributed by atoms with Gasteiger partial charge in [0, 0.05) is 18.1 Å². The number of hydrogen-bond acceptors (Lipinski definition) is 5. The van der Waals surface area contributed by atoms with E-state index in [1.165, 1.54) is 0 Å². The van der Waals surface area contributed by atoms with Gasteiger partial charge in [-0.15, -0.1) is 0 Å². The van der Waals surface area contributed by atoms with E-state index in [4.69, 9.17) is 14.0 Å². The first kappa shape index (κ1) is 22.6. The van der Waals surface area contributed by atoms with Gasteiger partial charge in [0.25, 0.3) is 0 Å². The van der Waals surface area contributed by atoms with Crippen LogP contribution in [0.2, 0.25) is 0 Å². The van der Waals surface area contributed by atoms with E-state index in [1.54, 1.807) is 6.20 Å². The third kappa shape index (κ3) is 5.13. The Balaban J connectivity index is 1.74. The predicted octanol–water partition coefficient (Wildman–Crippen LogP) is 3.99. The molecule has 1 aromatic heterocycles. The molecule has 162 valence electrons. The highest BCUT2D eigenvalue weighted by Crippen LogP contribution is 2.36. The molecule has 0 atom stereocenters. The number of ether oxygens (including phenoxy) is 1. The molecule has 1 aliphatic heterocycles. The molecule has 0 radical (unpaired) electrons. The van der Waals surface area contributed by atoms with Gasteiger partial charge in [0.05, 0.1) is 16.7 Å². The molecule has 0 aliphatic carbocycles. The van der Waals surface area contributed by atoms with Gasteiger partial charge in [-0.3, -0.25) is 4.98 Å². The molecule has 3 rings (SSSR count). The maximum Gasteiger partial charge on any atom is 0.494 e. The van der Waals surface area contributed by atoms with Gasteiger partial charge >= 0.3 is 13.2 Å². The Bertz CT molecular complexity index is 905. The minimum atomic E-state index is -0.499. The van der Waals surface area contributed by atoms with E-state index in [9.17, 15) is 4.79 Å². The Labute approximate surface area is 179 Å². The number of benzene rings is 1.